The number of nitrogens with zero attached hydrogens (tertiary/aromatic N) is 2. The smallest absolute Gasteiger partial charge is 0.223 e. The zero-order valence-electron chi connectivity index (χ0n) is 11.5. The summed E-state index contributed by atoms with van der Waals surface area (Å²) in [5, 5.41) is 0. The second kappa shape index (κ2) is 5.74. The first-order chi connectivity index (χ1) is 9.67. The maximum Gasteiger partial charge on any atom is 0.223 e. The average molecular weight is 338 g/mol. The Morgan fingerprint density at radius 1 is 1.25 bits per heavy atom. The van der Waals surface area contributed by atoms with Crippen molar-refractivity contribution in [2.24, 2.45) is 11.7 Å². The summed E-state index contributed by atoms with van der Waals surface area (Å²) in [6.45, 7) is 3.41. The van der Waals surface area contributed by atoms with Crippen molar-refractivity contribution in [3.63, 3.8) is 0 Å². The van der Waals surface area contributed by atoms with Crippen LogP contribution in [0.5, 0.6) is 0 Å². The molecule has 2 aliphatic heterocycles. The van der Waals surface area contributed by atoms with E-state index in [4.69, 9.17) is 5.73 Å². The topological polar surface area (TPSA) is 49.6 Å². The first-order valence-corrected chi connectivity index (χ1v) is 7.96. The van der Waals surface area contributed by atoms with Gasteiger partial charge in [-0.2, -0.15) is 0 Å². The molecule has 1 amide bonds. The zero-order chi connectivity index (χ0) is 14.1. The van der Waals surface area contributed by atoms with Gasteiger partial charge in [0.05, 0.1) is 6.04 Å². The van der Waals surface area contributed by atoms with Crippen molar-refractivity contribution in [1.82, 2.24) is 4.90 Å². The highest BCUT2D eigenvalue weighted by atomic mass is 79.9. The molecule has 2 aliphatic rings. The second-order valence-electron chi connectivity index (χ2n) is 5.72. The maximum absolute atomic E-state index is 12.1. The molecule has 108 valence electrons. The van der Waals surface area contributed by atoms with Crippen LogP contribution in [0.2, 0.25) is 0 Å². The number of benzene rings is 1. The van der Waals surface area contributed by atoms with Crippen molar-refractivity contribution < 1.29 is 4.79 Å². The van der Waals surface area contributed by atoms with Gasteiger partial charge in [0.1, 0.15) is 0 Å². The molecule has 2 N–H and O–H groups in total. The molecular weight excluding hydrogens is 318 g/mol. The second-order valence-corrected chi connectivity index (χ2v) is 6.63. The highest BCUT2D eigenvalue weighted by Crippen LogP contribution is 2.28. The molecule has 0 aliphatic carbocycles. The number of carbonyl (C=O) groups is 1. The Bertz CT molecular complexity index is 490. The molecule has 4 nitrogen and oxygen atoms in total. The molecule has 0 saturated carbocycles. The molecule has 2 unspecified atom stereocenters. The number of anilines is 1. The van der Waals surface area contributed by atoms with Crippen LogP contribution in [0, 0.1) is 5.92 Å². The van der Waals surface area contributed by atoms with Crippen LogP contribution in [-0.2, 0) is 4.79 Å². The van der Waals surface area contributed by atoms with E-state index in [0.29, 0.717) is 24.9 Å². The third-order valence-corrected chi connectivity index (χ3v) is 4.90. The zero-order valence-corrected chi connectivity index (χ0v) is 13.1. The Morgan fingerprint density at radius 2 is 2.00 bits per heavy atom. The largest absolute Gasteiger partial charge is 0.369 e. The number of carbonyl (C=O) groups excluding carboxylic acids is 1. The maximum atomic E-state index is 12.1. The molecule has 0 aromatic heterocycles. The van der Waals surface area contributed by atoms with Crippen molar-refractivity contribution in [2.75, 3.05) is 31.1 Å². The van der Waals surface area contributed by atoms with Gasteiger partial charge in [0.25, 0.3) is 0 Å². The Hall–Kier alpha value is -1.07. The van der Waals surface area contributed by atoms with Crippen LogP contribution in [0.1, 0.15) is 12.8 Å². The van der Waals surface area contributed by atoms with Crippen LogP contribution in [0.25, 0.3) is 0 Å². The van der Waals surface area contributed by atoms with Gasteiger partial charge in [0.15, 0.2) is 0 Å². The molecule has 0 spiro atoms. The molecular formula is C15H20BrN3O. The minimum absolute atomic E-state index is 0.281. The van der Waals surface area contributed by atoms with E-state index < -0.39 is 0 Å². The third-order valence-electron chi connectivity index (χ3n) is 4.37. The minimum Gasteiger partial charge on any atom is -0.369 e. The standard InChI is InChI=1S/C15H20BrN3O/c16-12-1-3-13(4-2-12)18-6-5-14(10-18)19-9-11(8-17)7-15(19)20/h1-4,11,14H,5-10,17H2. The summed E-state index contributed by atoms with van der Waals surface area (Å²) in [6.07, 6.45) is 1.68. The van der Waals surface area contributed by atoms with Gasteiger partial charge < -0.3 is 15.5 Å². The van der Waals surface area contributed by atoms with E-state index in [0.717, 1.165) is 30.5 Å². The Labute approximate surface area is 128 Å². The van der Waals surface area contributed by atoms with Crippen LogP contribution in [-0.4, -0.2) is 43.0 Å². The van der Waals surface area contributed by atoms with Gasteiger partial charge >= 0.3 is 0 Å². The lowest BCUT2D eigenvalue weighted by atomic mass is 10.1. The number of hydrogen-bond donors (Lipinski definition) is 1. The Balaban J connectivity index is 1.65. The Morgan fingerprint density at radius 3 is 2.65 bits per heavy atom. The molecule has 0 radical (unpaired) electrons. The molecule has 2 fully saturated rings. The summed E-state index contributed by atoms with van der Waals surface area (Å²) in [5.41, 5.74) is 6.93. The number of amides is 1. The molecule has 5 heteroatoms. The van der Waals surface area contributed by atoms with E-state index in [-0.39, 0.29) is 5.91 Å². The first kappa shape index (κ1) is 13.9. The first-order valence-electron chi connectivity index (χ1n) is 7.17. The van der Waals surface area contributed by atoms with Gasteiger partial charge in [-0.05, 0) is 43.1 Å². The molecule has 2 heterocycles. The SMILES string of the molecule is NCC1CC(=O)N(C2CCN(c3ccc(Br)cc3)C2)C1. The number of likely N-dealkylation sites (tertiary alicyclic amines) is 1. The summed E-state index contributed by atoms with van der Waals surface area (Å²) in [6, 6.07) is 8.73. The van der Waals surface area contributed by atoms with Gasteiger partial charge in [-0.15, -0.1) is 0 Å². The number of rotatable bonds is 3. The quantitative estimate of drug-likeness (QED) is 0.915. The van der Waals surface area contributed by atoms with Crippen LogP contribution in [0.15, 0.2) is 28.7 Å². The molecule has 0 bridgehead atoms. The molecule has 20 heavy (non-hydrogen) atoms. The monoisotopic (exact) mass is 337 g/mol. The van der Waals surface area contributed by atoms with Crippen LogP contribution in [0.3, 0.4) is 0 Å². The minimum atomic E-state index is 0.281. The van der Waals surface area contributed by atoms with Crippen molar-refractivity contribution in [1.29, 1.82) is 0 Å². The van der Waals surface area contributed by atoms with Crippen molar-refractivity contribution >= 4 is 27.5 Å². The summed E-state index contributed by atoms with van der Waals surface area (Å²) in [7, 11) is 0. The number of hydrogen-bond acceptors (Lipinski definition) is 3. The summed E-state index contributed by atoms with van der Waals surface area (Å²) in [5.74, 6) is 0.632. The molecule has 2 saturated heterocycles. The lowest BCUT2D eigenvalue weighted by molar-refractivity contribution is -0.129. The molecule has 1 aromatic carbocycles. The lowest BCUT2D eigenvalue weighted by Crippen LogP contribution is -2.39. The van der Waals surface area contributed by atoms with Crippen LogP contribution in [0.4, 0.5) is 5.69 Å². The highest BCUT2D eigenvalue weighted by Gasteiger charge is 2.36. The van der Waals surface area contributed by atoms with E-state index in [1.807, 2.05) is 0 Å². The summed E-state index contributed by atoms with van der Waals surface area (Å²) >= 11 is 3.46. The number of nitrogens with two attached hydrogens (primary N) is 1. The fraction of sp³-hybridized carbons (Fsp3) is 0.533. The van der Waals surface area contributed by atoms with Crippen molar-refractivity contribution in [3.05, 3.63) is 28.7 Å². The normalized spacial score (nSPS) is 26.6. The van der Waals surface area contributed by atoms with E-state index >= 15 is 0 Å². The molecule has 2 atom stereocenters. The van der Waals surface area contributed by atoms with Crippen LogP contribution >= 0.6 is 15.9 Å². The van der Waals surface area contributed by atoms with Crippen molar-refractivity contribution in [3.8, 4) is 0 Å². The van der Waals surface area contributed by atoms with E-state index in [1.54, 1.807) is 0 Å². The summed E-state index contributed by atoms with van der Waals surface area (Å²) < 4.78 is 1.09. The fourth-order valence-corrected chi connectivity index (χ4v) is 3.47. The fourth-order valence-electron chi connectivity index (χ4n) is 3.20. The van der Waals surface area contributed by atoms with Gasteiger partial charge in [0.2, 0.25) is 5.91 Å². The number of halogens is 1. The third kappa shape index (κ3) is 2.69. The van der Waals surface area contributed by atoms with Gasteiger partial charge in [-0.3, -0.25) is 4.79 Å². The van der Waals surface area contributed by atoms with E-state index in [1.165, 1.54) is 5.69 Å². The van der Waals surface area contributed by atoms with Crippen LogP contribution < -0.4 is 10.6 Å². The van der Waals surface area contributed by atoms with E-state index in [2.05, 4.69) is 50.0 Å². The predicted octanol–water partition coefficient (Wildman–Crippen LogP) is 1.84. The Kier molecular flexibility index (Phi) is 3.98. The highest BCUT2D eigenvalue weighted by molar-refractivity contribution is 9.10. The average Bonchev–Trinajstić information content (AvgIpc) is 3.06. The molecule has 3 rings (SSSR count). The predicted molar refractivity (Wildman–Crippen MR) is 83.6 cm³/mol. The lowest BCUT2D eigenvalue weighted by Gasteiger charge is -2.25. The van der Waals surface area contributed by atoms with E-state index in [9.17, 15) is 4.79 Å². The summed E-state index contributed by atoms with van der Waals surface area (Å²) in [4.78, 5) is 16.5. The van der Waals surface area contributed by atoms with Gasteiger partial charge in [-0.25, -0.2) is 0 Å². The van der Waals surface area contributed by atoms with Gasteiger partial charge in [0, 0.05) is 36.2 Å². The van der Waals surface area contributed by atoms with Crippen molar-refractivity contribution in [2.45, 2.75) is 18.9 Å². The molecule has 1 aromatic rings. The van der Waals surface area contributed by atoms with Gasteiger partial charge in [-0.1, -0.05) is 15.9 Å².